The molecule has 0 bridgehead atoms. The van der Waals surface area contributed by atoms with Gasteiger partial charge in [-0.15, -0.1) is 11.3 Å². The summed E-state index contributed by atoms with van der Waals surface area (Å²) in [6.45, 7) is 1.41. The Morgan fingerprint density at radius 2 is 1.93 bits per heavy atom. The molecule has 0 N–H and O–H groups in total. The predicted octanol–water partition coefficient (Wildman–Crippen LogP) is 5.22. The maximum atomic E-state index is 13.8. The van der Waals surface area contributed by atoms with Gasteiger partial charge in [0.15, 0.2) is 11.5 Å². The third-order valence-corrected chi connectivity index (χ3v) is 8.03. The second kappa shape index (κ2) is 14.3. The summed E-state index contributed by atoms with van der Waals surface area (Å²) in [5.74, 6) is 0.512. The van der Waals surface area contributed by atoms with Crippen molar-refractivity contribution < 1.29 is 28.7 Å². The third-order valence-electron chi connectivity index (χ3n) is 6.85. The summed E-state index contributed by atoms with van der Waals surface area (Å²) in [5, 5.41) is 13.1. The summed E-state index contributed by atoms with van der Waals surface area (Å²) in [7, 11) is 3.15. The number of nitro benzene ring substituents is 1. The Morgan fingerprint density at radius 1 is 1.12 bits per heavy atom. The Morgan fingerprint density at radius 3 is 2.56 bits per heavy atom. The quantitative estimate of drug-likeness (QED) is 0.195. The maximum absolute atomic E-state index is 13.8. The zero-order valence-corrected chi connectivity index (χ0v) is 24.5. The number of nitro groups is 1. The average molecular weight is 602 g/mol. The molecule has 2 aromatic carbocycles. The minimum absolute atomic E-state index is 0.0436. The Bertz CT molecular complexity index is 1360. The van der Waals surface area contributed by atoms with Crippen LogP contribution in [0.25, 0.3) is 0 Å². The lowest BCUT2D eigenvalue weighted by molar-refractivity contribution is -0.384. The molecule has 218 valence electrons. The van der Waals surface area contributed by atoms with Crippen LogP contribution < -0.4 is 9.47 Å². The molecule has 0 saturated carbocycles. The van der Waals surface area contributed by atoms with Gasteiger partial charge in [0.2, 0.25) is 5.91 Å². The van der Waals surface area contributed by atoms with Gasteiger partial charge in [0.1, 0.15) is 6.54 Å². The van der Waals surface area contributed by atoms with Gasteiger partial charge in [0.25, 0.3) is 11.6 Å². The highest BCUT2D eigenvalue weighted by atomic mass is 35.5. The lowest BCUT2D eigenvalue weighted by atomic mass is 10.1. The molecule has 10 nitrogen and oxygen atoms in total. The van der Waals surface area contributed by atoms with E-state index in [2.05, 4.69) is 0 Å². The van der Waals surface area contributed by atoms with Crippen molar-refractivity contribution in [1.82, 2.24) is 9.80 Å². The highest BCUT2D eigenvalue weighted by Crippen LogP contribution is 2.28. The van der Waals surface area contributed by atoms with Gasteiger partial charge in [-0.05, 0) is 54.5 Å². The zero-order valence-electron chi connectivity index (χ0n) is 22.9. The van der Waals surface area contributed by atoms with Crippen LogP contribution in [0.5, 0.6) is 11.5 Å². The molecule has 0 spiro atoms. The lowest BCUT2D eigenvalue weighted by Crippen LogP contribution is -2.46. The van der Waals surface area contributed by atoms with E-state index in [-0.39, 0.29) is 41.4 Å². The molecular weight excluding hydrogens is 570 g/mol. The number of methoxy groups -OCH3 is 2. The first-order valence-electron chi connectivity index (χ1n) is 13.1. The molecule has 1 atom stereocenters. The summed E-state index contributed by atoms with van der Waals surface area (Å²) in [5.41, 5.74) is 0.848. The molecule has 2 heterocycles. The van der Waals surface area contributed by atoms with E-state index in [0.717, 1.165) is 29.3 Å². The Balaban J connectivity index is 1.55. The van der Waals surface area contributed by atoms with Crippen molar-refractivity contribution in [2.75, 3.05) is 40.5 Å². The van der Waals surface area contributed by atoms with E-state index in [9.17, 15) is 19.7 Å². The van der Waals surface area contributed by atoms with Crippen LogP contribution in [0.3, 0.4) is 0 Å². The first-order chi connectivity index (χ1) is 19.8. The Kier molecular flexibility index (Phi) is 10.6. The molecule has 0 aliphatic carbocycles. The van der Waals surface area contributed by atoms with E-state index in [4.69, 9.17) is 25.8 Å². The number of amides is 2. The largest absolute Gasteiger partial charge is 0.493 e. The van der Waals surface area contributed by atoms with Crippen LogP contribution in [0.15, 0.2) is 53.9 Å². The van der Waals surface area contributed by atoms with Crippen LogP contribution in [0.2, 0.25) is 5.02 Å². The average Bonchev–Trinajstić information content (AvgIpc) is 3.68. The SMILES string of the molecule is COc1ccc(CCN(Cc2cccs2)C(=O)CN(CC2CCCO2)C(=O)c2ccc([N+](=O)[O-])cc2Cl)cc1OC. The molecule has 1 unspecified atom stereocenters. The van der Waals surface area contributed by atoms with Crippen molar-refractivity contribution in [3.63, 3.8) is 0 Å². The lowest BCUT2D eigenvalue weighted by Gasteiger charge is -2.29. The van der Waals surface area contributed by atoms with Gasteiger partial charge in [-0.3, -0.25) is 19.7 Å². The van der Waals surface area contributed by atoms with E-state index in [1.54, 1.807) is 30.5 Å². The molecule has 1 aromatic heterocycles. The molecule has 4 rings (SSSR count). The standard InChI is InChI=1S/C29H32ClN3O7S/c1-38-26-10-7-20(15-27(26)39-2)11-12-31(18-23-6-4-14-41-23)28(34)19-32(17-22-5-3-13-40-22)29(35)24-9-8-21(33(36)37)16-25(24)30/h4,6-10,14-16,22H,3,5,11-13,17-19H2,1-2H3. The third kappa shape index (κ3) is 7.96. The van der Waals surface area contributed by atoms with Crippen molar-refractivity contribution in [3.05, 3.63) is 85.1 Å². The number of carbonyl (C=O) groups is 2. The fourth-order valence-electron chi connectivity index (χ4n) is 4.66. The fraction of sp³-hybridized carbons (Fsp3) is 0.379. The number of hydrogen-bond donors (Lipinski definition) is 0. The van der Waals surface area contributed by atoms with Crippen molar-refractivity contribution in [3.8, 4) is 11.5 Å². The number of nitrogens with zero attached hydrogens (tertiary/aromatic N) is 3. The van der Waals surface area contributed by atoms with Crippen LogP contribution >= 0.6 is 22.9 Å². The molecule has 12 heteroatoms. The predicted molar refractivity (Wildman–Crippen MR) is 156 cm³/mol. The van der Waals surface area contributed by atoms with E-state index < -0.39 is 10.8 Å². The van der Waals surface area contributed by atoms with Gasteiger partial charge < -0.3 is 24.0 Å². The normalized spacial score (nSPS) is 14.5. The van der Waals surface area contributed by atoms with Gasteiger partial charge in [-0.1, -0.05) is 23.7 Å². The zero-order chi connectivity index (χ0) is 29.4. The molecule has 1 aliphatic heterocycles. The minimum atomic E-state index is -0.575. The van der Waals surface area contributed by atoms with Crippen LogP contribution in [-0.2, 0) is 22.5 Å². The van der Waals surface area contributed by atoms with Gasteiger partial charge in [0.05, 0.1) is 42.4 Å². The smallest absolute Gasteiger partial charge is 0.270 e. The first-order valence-corrected chi connectivity index (χ1v) is 14.4. The van der Waals surface area contributed by atoms with Crippen LogP contribution in [0.4, 0.5) is 5.69 Å². The van der Waals surface area contributed by atoms with Crippen LogP contribution in [-0.4, -0.2) is 73.1 Å². The van der Waals surface area contributed by atoms with Gasteiger partial charge in [0, 0.05) is 36.7 Å². The summed E-state index contributed by atoms with van der Waals surface area (Å²) < 4.78 is 16.5. The monoisotopic (exact) mass is 601 g/mol. The van der Waals surface area contributed by atoms with Crippen LogP contribution in [0, 0.1) is 10.1 Å². The molecular formula is C29H32ClN3O7S. The minimum Gasteiger partial charge on any atom is -0.493 e. The topological polar surface area (TPSA) is 111 Å². The van der Waals surface area contributed by atoms with E-state index in [1.165, 1.54) is 17.0 Å². The van der Waals surface area contributed by atoms with E-state index in [1.807, 2.05) is 35.7 Å². The number of halogens is 1. The summed E-state index contributed by atoms with van der Waals surface area (Å²) in [6, 6.07) is 13.2. The number of ether oxygens (including phenoxy) is 3. The summed E-state index contributed by atoms with van der Waals surface area (Å²) >= 11 is 7.84. The van der Waals surface area contributed by atoms with Gasteiger partial charge >= 0.3 is 0 Å². The summed E-state index contributed by atoms with van der Waals surface area (Å²) in [4.78, 5) is 42.2. The molecule has 1 saturated heterocycles. The number of carbonyl (C=O) groups excluding carboxylic acids is 2. The van der Waals surface area contributed by atoms with Crippen molar-refractivity contribution in [2.24, 2.45) is 0 Å². The number of non-ortho nitro benzene ring substituents is 1. The Labute approximate surface area is 247 Å². The second-order valence-electron chi connectivity index (χ2n) is 9.58. The summed E-state index contributed by atoms with van der Waals surface area (Å²) in [6.07, 6.45) is 1.99. The highest BCUT2D eigenvalue weighted by Gasteiger charge is 2.29. The number of thiophene rings is 1. The second-order valence-corrected chi connectivity index (χ2v) is 11.0. The number of rotatable bonds is 13. The Hall–Kier alpha value is -3.67. The highest BCUT2D eigenvalue weighted by molar-refractivity contribution is 7.09. The molecule has 0 radical (unpaired) electrons. The van der Waals surface area contributed by atoms with Gasteiger partial charge in [-0.2, -0.15) is 0 Å². The van der Waals surface area contributed by atoms with Crippen LogP contribution in [0.1, 0.15) is 33.6 Å². The molecule has 3 aromatic rings. The molecule has 1 fully saturated rings. The number of benzene rings is 2. The number of hydrogen-bond acceptors (Lipinski definition) is 8. The van der Waals surface area contributed by atoms with Crippen molar-refractivity contribution >= 4 is 40.4 Å². The van der Waals surface area contributed by atoms with Crippen molar-refractivity contribution in [1.29, 1.82) is 0 Å². The van der Waals surface area contributed by atoms with E-state index >= 15 is 0 Å². The maximum Gasteiger partial charge on any atom is 0.270 e. The van der Waals surface area contributed by atoms with Crippen molar-refractivity contribution in [2.45, 2.75) is 31.9 Å². The van der Waals surface area contributed by atoms with Gasteiger partial charge in [-0.25, -0.2) is 0 Å². The molecule has 1 aliphatic rings. The fourth-order valence-corrected chi connectivity index (χ4v) is 5.64. The van der Waals surface area contributed by atoms with E-state index in [0.29, 0.717) is 37.6 Å². The molecule has 41 heavy (non-hydrogen) atoms. The first kappa shape index (κ1) is 30.3. The molecule has 2 amide bonds.